The van der Waals surface area contributed by atoms with Crippen molar-refractivity contribution >= 4 is 22.6 Å². The molecule has 0 saturated carbocycles. The van der Waals surface area contributed by atoms with Crippen molar-refractivity contribution in [3.05, 3.63) is 0 Å². The quantitative estimate of drug-likeness (QED) is 0.351. The monoisotopic (exact) mass is 278 g/mol. The minimum Gasteiger partial charge on any atom is -0.357 e. The lowest BCUT2D eigenvalue weighted by Crippen LogP contribution is -2.40. The Morgan fingerprint density at radius 1 is 1.25 bits per heavy atom. The molecule has 0 radical (unpaired) electrons. The molecular weight excluding hydrogens is 267 g/mol. The number of hydrogen-bond donors (Lipinski definition) is 2. The van der Waals surface area contributed by atoms with Crippen molar-refractivity contribution in [3.63, 3.8) is 0 Å². The normalized spacial score (nSPS) is 11.8. The molecule has 0 aromatic carbocycles. The lowest BCUT2D eigenvalue weighted by atomic mass is 9.83. The van der Waals surface area contributed by atoms with Gasteiger partial charge in [-0.3, -0.25) is 0 Å². The first-order valence-electron chi connectivity index (χ1n) is 3.38. The molecule has 0 rings (SSSR count). The predicted molar refractivity (Wildman–Crippen MR) is 56.2 cm³/mol. The minimum atomic E-state index is -1.86. The Morgan fingerprint density at radius 3 is 1.75 bits per heavy atom. The highest BCUT2D eigenvalue weighted by molar-refractivity contribution is 14.1. The predicted octanol–water partition coefficient (Wildman–Crippen LogP) is 1.11. The molecule has 66 valence electrons. The van der Waals surface area contributed by atoms with E-state index in [1.54, 1.807) is 6.92 Å². The molecule has 0 aromatic rings. The highest BCUT2D eigenvalue weighted by atomic mass is 127. The third-order valence-corrected chi connectivity index (χ3v) is 3.05. The molecule has 0 aromatic heterocycles. The molecule has 12 heavy (non-hydrogen) atoms. The van der Waals surface area contributed by atoms with Gasteiger partial charge in [-0.15, -0.1) is 24.7 Å². The summed E-state index contributed by atoms with van der Waals surface area (Å²) in [5, 5.41) is 18.7. The molecule has 2 nitrogen and oxygen atoms in total. The molecule has 0 aliphatic rings. The van der Waals surface area contributed by atoms with E-state index in [9.17, 15) is 10.2 Å². The van der Waals surface area contributed by atoms with Gasteiger partial charge >= 0.3 is 0 Å². The van der Waals surface area contributed by atoms with E-state index in [1.165, 1.54) is 22.6 Å². The second-order valence-electron chi connectivity index (χ2n) is 2.91. The van der Waals surface area contributed by atoms with Crippen molar-refractivity contribution < 1.29 is 10.2 Å². The Hall–Kier alpha value is -0.230. The Labute approximate surface area is 86.5 Å². The van der Waals surface area contributed by atoms with Gasteiger partial charge in [-0.05, 0) is 22.6 Å². The molecule has 0 unspecified atom stereocenters. The standard InChI is InChI=1S/C9H11IO2/c1-4-6-8(3,7-5-2)9(10,11)12/h1-2,11-12H,6-7H2,3H3. The van der Waals surface area contributed by atoms with E-state index in [4.69, 9.17) is 12.8 Å². The number of halogens is 1. The van der Waals surface area contributed by atoms with Crippen molar-refractivity contribution in [2.75, 3.05) is 0 Å². The number of aliphatic hydroxyl groups is 2. The third kappa shape index (κ3) is 2.67. The van der Waals surface area contributed by atoms with Gasteiger partial charge in [0.15, 0.2) is 0 Å². The molecule has 0 aliphatic heterocycles. The molecule has 0 amide bonds. The fourth-order valence-electron chi connectivity index (χ4n) is 0.738. The first-order valence-corrected chi connectivity index (χ1v) is 4.46. The van der Waals surface area contributed by atoms with Crippen molar-refractivity contribution in [1.82, 2.24) is 0 Å². The topological polar surface area (TPSA) is 40.5 Å². The minimum absolute atomic E-state index is 0.243. The van der Waals surface area contributed by atoms with Crippen molar-refractivity contribution in [2.24, 2.45) is 5.41 Å². The van der Waals surface area contributed by atoms with Crippen LogP contribution in [0.2, 0.25) is 0 Å². The van der Waals surface area contributed by atoms with Crippen LogP contribution in [-0.4, -0.2) is 14.0 Å². The summed E-state index contributed by atoms with van der Waals surface area (Å²) < 4.78 is -1.86. The number of hydrogen-bond acceptors (Lipinski definition) is 2. The summed E-state index contributed by atoms with van der Waals surface area (Å²) in [4.78, 5) is 0. The van der Waals surface area contributed by atoms with Crippen molar-refractivity contribution in [2.45, 2.75) is 23.6 Å². The van der Waals surface area contributed by atoms with E-state index in [-0.39, 0.29) is 12.8 Å². The van der Waals surface area contributed by atoms with E-state index in [0.717, 1.165) is 0 Å². The van der Waals surface area contributed by atoms with Crippen LogP contribution in [0.5, 0.6) is 0 Å². The Morgan fingerprint density at radius 2 is 1.58 bits per heavy atom. The lowest BCUT2D eigenvalue weighted by Gasteiger charge is -2.34. The maximum absolute atomic E-state index is 9.35. The van der Waals surface area contributed by atoms with Crippen molar-refractivity contribution in [3.8, 4) is 24.7 Å². The summed E-state index contributed by atoms with van der Waals surface area (Å²) in [6.45, 7) is 1.65. The molecule has 0 saturated heterocycles. The van der Waals surface area contributed by atoms with Crippen LogP contribution in [0, 0.1) is 30.1 Å². The third-order valence-electron chi connectivity index (χ3n) is 1.75. The summed E-state index contributed by atoms with van der Waals surface area (Å²) in [5.41, 5.74) is -0.836. The van der Waals surface area contributed by atoms with Crippen LogP contribution in [0.3, 0.4) is 0 Å². The second kappa shape index (κ2) is 4.13. The molecule has 0 aliphatic carbocycles. The number of rotatable bonds is 3. The average molecular weight is 278 g/mol. The molecule has 0 bridgehead atoms. The van der Waals surface area contributed by atoms with Gasteiger partial charge in [0.2, 0.25) is 3.79 Å². The first kappa shape index (κ1) is 11.8. The molecule has 2 N–H and O–H groups in total. The van der Waals surface area contributed by atoms with E-state index in [0.29, 0.717) is 0 Å². The summed E-state index contributed by atoms with van der Waals surface area (Å²) in [6, 6.07) is 0. The van der Waals surface area contributed by atoms with E-state index >= 15 is 0 Å². The molecule has 0 atom stereocenters. The SMILES string of the molecule is C#CCC(C)(CC#C)C(O)(O)I. The van der Waals surface area contributed by atoms with E-state index in [1.807, 2.05) is 0 Å². The number of terminal acetylenes is 2. The maximum atomic E-state index is 9.35. The van der Waals surface area contributed by atoms with Crippen molar-refractivity contribution in [1.29, 1.82) is 0 Å². The highest BCUT2D eigenvalue weighted by Crippen LogP contribution is 2.40. The van der Waals surface area contributed by atoms with Gasteiger partial charge in [0.1, 0.15) is 0 Å². The molecule has 0 spiro atoms. The van der Waals surface area contributed by atoms with Gasteiger partial charge in [0.25, 0.3) is 0 Å². The fourth-order valence-corrected chi connectivity index (χ4v) is 1.12. The van der Waals surface area contributed by atoms with Crippen LogP contribution in [0.1, 0.15) is 19.8 Å². The maximum Gasteiger partial charge on any atom is 0.223 e. The smallest absolute Gasteiger partial charge is 0.223 e. The van der Waals surface area contributed by atoms with Gasteiger partial charge in [-0.2, -0.15) is 0 Å². The van der Waals surface area contributed by atoms with Crippen LogP contribution in [0.4, 0.5) is 0 Å². The number of alkyl halides is 1. The van der Waals surface area contributed by atoms with Crippen LogP contribution >= 0.6 is 22.6 Å². The van der Waals surface area contributed by atoms with Gasteiger partial charge < -0.3 is 10.2 Å². The lowest BCUT2D eigenvalue weighted by molar-refractivity contribution is -0.142. The van der Waals surface area contributed by atoms with Gasteiger partial charge in [-0.25, -0.2) is 0 Å². The molecule has 0 heterocycles. The van der Waals surface area contributed by atoms with Crippen LogP contribution in [0.25, 0.3) is 0 Å². The Kier molecular flexibility index (Phi) is 4.05. The summed E-state index contributed by atoms with van der Waals surface area (Å²) in [7, 11) is 0. The van der Waals surface area contributed by atoms with Gasteiger partial charge in [0, 0.05) is 12.8 Å². The zero-order valence-corrected chi connectivity index (χ0v) is 9.00. The zero-order chi connectivity index (χ0) is 9.83. The molecular formula is C9H11IO2. The Balaban J connectivity index is 4.66. The second-order valence-corrected chi connectivity index (χ2v) is 4.41. The Bertz CT molecular complexity index is 210. The first-order chi connectivity index (χ1) is 5.37. The largest absolute Gasteiger partial charge is 0.357 e. The summed E-state index contributed by atoms with van der Waals surface area (Å²) in [5.74, 6) is 4.76. The van der Waals surface area contributed by atoms with E-state index < -0.39 is 9.21 Å². The van der Waals surface area contributed by atoms with Gasteiger partial charge in [-0.1, -0.05) is 6.92 Å². The fraction of sp³-hybridized carbons (Fsp3) is 0.556. The van der Waals surface area contributed by atoms with Crippen LogP contribution in [0.15, 0.2) is 0 Å². The average Bonchev–Trinajstić information content (AvgIpc) is 1.86. The van der Waals surface area contributed by atoms with E-state index in [2.05, 4.69) is 11.8 Å². The van der Waals surface area contributed by atoms with Crippen LogP contribution in [-0.2, 0) is 0 Å². The summed E-state index contributed by atoms with van der Waals surface area (Å²) >= 11 is 1.52. The zero-order valence-electron chi connectivity index (χ0n) is 6.84. The highest BCUT2D eigenvalue weighted by Gasteiger charge is 2.42. The molecule has 0 fully saturated rings. The van der Waals surface area contributed by atoms with Gasteiger partial charge in [0.05, 0.1) is 5.41 Å². The molecule has 3 heteroatoms. The summed E-state index contributed by atoms with van der Waals surface area (Å²) in [6.07, 6.45) is 10.7. The van der Waals surface area contributed by atoms with Crippen LogP contribution < -0.4 is 0 Å².